The fourth-order valence-corrected chi connectivity index (χ4v) is 3.17. The summed E-state index contributed by atoms with van der Waals surface area (Å²) < 4.78 is 7.23. The van der Waals surface area contributed by atoms with Crippen molar-refractivity contribution in [3.63, 3.8) is 0 Å². The van der Waals surface area contributed by atoms with Crippen LogP contribution >= 0.6 is 11.6 Å². The van der Waals surface area contributed by atoms with Gasteiger partial charge in [0.1, 0.15) is 18.0 Å². The summed E-state index contributed by atoms with van der Waals surface area (Å²) >= 11 is 5.92. The van der Waals surface area contributed by atoms with Gasteiger partial charge in [-0.3, -0.25) is 9.20 Å². The normalized spacial score (nSPS) is 10.6. The molecule has 0 aliphatic rings. The molecule has 4 aromatic rings. The Morgan fingerprint density at radius 1 is 1.03 bits per heavy atom. The number of aromatic nitrogens is 2. The molecular weight excluding hydrogens is 416 g/mol. The molecule has 0 radical (unpaired) electrons. The van der Waals surface area contributed by atoms with Crippen LogP contribution in [0.4, 0.5) is 16.2 Å². The summed E-state index contributed by atoms with van der Waals surface area (Å²) in [5, 5.41) is 5.99. The minimum Gasteiger partial charge on any atom is -0.487 e. The number of fused-ring (bicyclic) bond motifs is 1. The number of pyridine rings is 1. The number of halogens is 1. The highest BCUT2D eigenvalue weighted by Crippen LogP contribution is 2.18. The summed E-state index contributed by atoms with van der Waals surface area (Å²) in [5.41, 5.74) is 3.18. The van der Waals surface area contributed by atoms with E-state index in [4.69, 9.17) is 16.3 Å². The Morgan fingerprint density at radius 3 is 2.58 bits per heavy atom. The smallest absolute Gasteiger partial charge is 0.323 e. The van der Waals surface area contributed by atoms with Crippen molar-refractivity contribution in [2.75, 3.05) is 10.6 Å². The van der Waals surface area contributed by atoms with Crippen molar-refractivity contribution >= 4 is 34.7 Å². The zero-order valence-corrected chi connectivity index (χ0v) is 17.4. The van der Waals surface area contributed by atoms with Crippen LogP contribution in [0, 0.1) is 6.92 Å². The number of aryl methyl sites for hydroxylation is 1. The van der Waals surface area contributed by atoms with Crippen LogP contribution in [-0.2, 0) is 6.61 Å². The predicted molar refractivity (Wildman–Crippen MR) is 121 cm³/mol. The Kier molecular flexibility index (Phi) is 5.86. The molecule has 0 saturated carbocycles. The summed E-state index contributed by atoms with van der Waals surface area (Å²) in [5.74, 6) is 0.590. The first-order valence-electron chi connectivity index (χ1n) is 9.52. The minimum atomic E-state index is -0.382. The predicted octanol–water partition coefficient (Wildman–Crippen LogP) is 4.88. The largest absolute Gasteiger partial charge is 0.487 e. The molecule has 2 aromatic heterocycles. The molecule has 2 heterocycles. The molecule has 2 aromatic carbocycles. The van der Waals surface area contributed by atoms with Gasteiger partial charge in [0.05, 0.1) is 5.69 Å². The number of ether oxygens (including phenoxy) is 1. The standard InChI is InChI=1S/C23H19ClN4O3/c1-15-9-10-28-21(11-15)25-19(13-22(28)29)14-31-20-7-5-17(6-8-20)26-23(30)27-18-4-2-3-16(24)12-18/h2-13H,14H2,1H3,(H2,26,27,30). The van der Waals surface area contributed by atoms with Crippen molar-refractivity contribution in [3.05, 3.63) is 99.6 Å². The van der Waals surface area contributed by atoms with Crippen LogP contribution in [0.15, 0.2) is 77.7 Å². The van der Waals surface area contributed by atoms with E-state index in [1.165, 1.54) is 10.5 Å². The zero-order valence-electron chi connectivity index (χ0n) is 16.6. The highest BCUT2D eigenvalue weighted by atomic mass is 35.5. The fraction of sp³-hybridized carbons (Fsp3) is 0.0870. The summed E-state index contributed by atoms with van der Waals surface area (Å²) in [6, 6.07) is 18.6. The van der Waals surface area contributed by atoms with Crippen LogP contribution in [0.2, 0.25) is 5.02 Å². The second-order valence-corrected chi connectivity index (χ2v) is 7.36. The topological polar surface area (TPSA) is 84.7 Å². The Hall–Kier alpha value is -3.84. The summed E-state index contributed by atoms with van der Waals surface area (Å²) in [6.45, 7) is 2.10. The van der Waals surface area contributed by atoms with Crippen LogP contribution in [-0.4, -0.2) is 15.4 Å². The van der Waals surface area contributed by atoms with E-state index in [-0.39, 0.29) is 18.2 Å². The number of benzene rings is 2. The number of hydrogen-bond donors (Lipinski definition) is 2. The number of nitrogens with zero attached hydrogens (tertiary/aromatic N) is 2. The molecule has 0 bridgehead atoms. The molecule has 7 nitrogen and oxygen atoms in total. The van der Waals surface area contributed by atoms with Crippen molar-refractivity contribution in [3.8, 4) is 5.75 Å². The Morgan fingerprint density at radius 2 is 1.81 bits per heavy atom. The second-order valence-electron chi connectivity index (χ2n) is 6.92. The van der Waals surface area contributed by atoms with Crippen LogP contribution in [0.3, 0.4) is 0 Å². The molecular formula is C23H19ClN4O3. The summed E-state index contributed by atoms with van der Waals surface area (Å²) in [4.78, 5) is 28.8. The third-order valence-electron chi connectivity index (χ3n) is 4.46. The van der Waals surface area contributed by atoms with Gasteiger partial charge in [-0.05, 0) is 67.1 Å². The number of amides is 2. The molecule has 156 valence electrons. The van der Waals surface area contributed by atoms with Gasteiger partial charge in [-0.15, -0.1) is 0 Å². The van der Waals surface area contributed by atoms with Gasteiger partial charge in [0.2, 0.25) is 0 Å². The highest BCUT2D eigenvalue weighted by molar-refractivity contribution is 6.30. The van der Waals surface area contributed by atoms with E-state index in [2.05, 4.69) is 15.6 Å². The molecule has 31 heavy (non-hydrogen) atoms. The van der Waals surface area contributed by atoms with E-state index >= 15 is 0 Å². The molecule has 4 rings (SSSR count). The Labute approximate surface area is 183 Å². The second kappa shape index (κ2) is 8.89. The van der Waals surface area contributed by atoms with Crippen LogP contribution < -0.4 is 20.9 Å². The zero-order chi connectivity index (χ0) is 21.8. The minimum absolute atomic E-state index is 0.154. The molecule has 0 atom stereocenters. The molecule has 0 saturated heterocycles. The van der Waals surface area contributed by atoms with Gasteiger partial charge >= 0.3 is 6.03 Å². The van der Waals surface area contributed by atoms with Crippen LogP contribution in [0.5, 0.6) is 5.75 Å². The summed E-state index contributed by atoms with van der Waals surface area (Å²) in [7, 11) is 0. The highest BCUT2D eigenvalue weighted by Gasteiger charge is 2.06. The number of carbonyl (C=O) groups is 1. The average molecular weight is 435 g/mol. The van der Waals surface area contributed by atoms with Crippen molar-refractivity contribution in [2.45, 2.75) is 13.5 Å². The quantitative estimate of drug-likeness (QED) is 0.469. The summed E-state index contributed by atoms with van der Waals surface area (Å²) in [6.07, 6.45) is 1.71. The first-order chi connectivity index (χ1) is 15.0. The van der Waals surface area contributed by atoms with Crippen molar-refractivity contribution in [1.82, 2.24) is 9.38 Å². The molecule has 8 heteroatoms. The number of anilines is 2. The van der Waals surface area contributed by atoms with E-state index in [0.29, 0.717) is 33.5 Å². The Bertz CT molecular complexity index is 1300. The van der Waals surface area contributed by atoms with Gasteiger partial charge < -0.3 is 15.4 Å². The fourth-order valence-electron chi connectivity index (χ4n) is 2.98. The monoisotopic (exact) mass is 434 g/mol. The van der Waals surface area contributed by atoms with E-state index in [9.17, 15) is 9.59 Å². The van der Waals surface area contributed by atoms with Gasteiger partial charge in [0.15, 0.2) is 0 Å². The van der Waals surface area contributed by atoms with E-state index in [1.807, 2.05) is 19.1 Å². The molecule has 2 N–H and O–H groups in total. The first-order valence-corrected chi connectivity index (χ1v) is 9.89. The SMILES string of the molecule is Cc1ccn2c(=O)cc(COc3ccc(NC(=O)Nc4cccc(Cl)c4)cc3)nc2c1. The van der Waals surface area contributed by atoms with E-state index in [1.54, 1.807) is 54.7 Å². The van der Waals surface area contributed by atoms with Crippen molar-refractivity contribution in [2.24, 2.45) is 0 Å². The molecule has 0 aliphatic heterocycles. The lowest BCUT2D eigenvalue weighted by Gasteiger charge is -2.10. The third-order valence-corrected chi connectivity index (χ3v) is 4.69. The number of hydrogen-bond acceptors (Lipinski definition) is 4. The van der Waals surface area contributed by atoms with Gasteiger partial charge in [-0.1, -0.05) is 17.7 Å². The van der Waals surface area contributed by atoms with Gasteiger partial charge in [0, 0.05) is 28.7 Å². The van der Waals surface area contributed by atoms with Gasteiger partial charge in [0.25, 0.3) is 5.56 Å². The lowest BCUT2D eigenvalue weighted by molar-refractivity contribution is 0.262. The molecule has 2 amide bonds. The third kappa shape index (κ3) is 5.21. The van der Waals surface area contributed by atoms with E-state index in [0.717, 1.165) is 5.56 Å². The van der Waals surface area contributed by atoms with Crippen molar-refractivity contribution in [1.29, 1.82) is 0 Å². The van der Waals surface area contributed by atoms with E-state index < -0.39 is 0 Å². The molecule has 0 fully saturated rings. The molecule has 0 aliphatic carbocycles. The Balaban J connectivity index is 1.37. The van der Waals surface area contributed by atoms with Crippen LogP contribution in [0.1, 0.15) is 11.3 Å². The number of urea groups is 1. The lowest BCUT2D eigenvalue weighted by atomic mass is 10.3. The maximum atomic E-state index is 12.2. The number of nitrogens with one attached hydrogen (secondary N) is 2. The maximum Gasteiger partial charge on any atom is 0.323 e. The van der Waals surface area contributed by atoms with Gasteiger partial charge in [-0.2, -0.15) is 0 Å². The number of rotatable bonds is 5. The first kappa shape index (κ1) is 20.4. The molecule has 0 spiro atoms. The van der Waals surface area contributed by atoms with Crippen LogP contribution in [0.25, 0.3) is 5.65 Å². The van der Waals surface area contributed by atoms with Gasteiger partial charge in [-0.25, -0.2) is 9.78 Å². The molecule has 0 unspecified atom stereocenters. The van der Waals surface area contributed by atoms with Crippen molar-refractivity contribution < 1.29 is 9.53 Å². The maximum absolute atomic E-state index is 12.2. The number of carbonyl (C=O) groups excluding carboxylic acids is 1. The average Bonchev–Trinajstić information content (AvgIpc) is 2.73. The lowest BCUT2D eigenvalue weighted by Crippen LogP contribution is -2.19.